The molecular formula is C47H58IrNO2S-. The van der Waals surface area contributed by atoms with Crippen molar-refractivity contribution in [3.05, 3.63) is 89.8 Å². The van der Waals surface area contributed by atoms with Crippen molar-refractivity contribution in [2.45, 2.75) is 130 Å². The average Bonchev–Trinajstić information content (AvgIpc) is 3.09. The molecule has 0 saturated heterocycles. The van der Waals surface area contributed by atoms with Gasteiger partial charge >= 0.3 is 0 Å². The summed E-state index contributed by atoms with van der Waals surface area (Å²) < 4.78 is 0. The summed E-state index contributed by atoms with van der Waals surface area (Å²) in [6, 6.07) is 23.9. The summed E-state index contributed by atoms with van der Waals surface area (Å²) in [6.07, 6.45) is 7.79. The molecule has 52 heavy (non-hydrogen) atoms. The van der Waals surface area contributed by atoms with Crippen molar-refractivity contribution in [1.29, 1.82) is 0 Å². The standard InChI is InChI=1S/C32H30NS.C15H28O2.Ir/c1-31(2,3)18-20-11-9-13-22-23-14-15-33-29-25-16-19-10-7-8-12-21(19)28(32(4,5)6)30(25)34-26(27(23)29)17-24(20)22;1-7-14(5,8-2)12(16)11-13(17)15(6,9-3)10-4;/h7-15,17H,18H2,1-6H3;11,16H,7-10H2,1-6H3;/q-1;;/b;12-11-;. The van der Waals surface area contributed by atoms with Crippen molar-refractivity contribution in [3.63, 3.8) is 0 Å². The Bertz CT molecular complexity index is 2120. The predicted octanol–water partition coefficient (Wildman–Crippen LogP) is 14.0. The molecule has 0 bridgehead atoms. The van der Waals surface area contributed by atoms with Crippen LogP contribution in [0.4, 0.5) is 0 Å². The number of carbonyl (C=O) groups is 1. The number of pyridine rings is 1. The number of carbonyl (C=O) groups excluding carboxylic acids is 1. The van der Waals surface area contributed by atoms with Crippen LogP contribution in [0.15, 0.2) is 82.4 Å². The molecule has 1 radical (unpaired) electrons. The van der Waals surface area contributed by atoms with Crippen molar-refractivity contribution < 1.29 is 30.0 Å². The van der Waals surface area contributed by atoms with Crippen LogP contribution in [-0.4, -0.2) is 15.9 Å². The zero-order valence-corrected chi connectivity index (χ0v) is 36.6. The Kier molecular flexibility index (Phi) is 12.7. The molecule has 0 fully saturated rings. The fourth-order valence-corrected chi connectivity index (χ4v) is 8.68. The largest absolute Gasteiger partial charge is 0.512 e. The van der Waals surface area contributed by atoms with Gasteiger partial charge in [-0.05, 0) is 87.1 Å². The molecule has 1 aliphatic rings. The van der Waals surface area contributed by atoms with Gasteiger partial charge in [-0.15, -0.1) is 29.3 Å². The molecule has 5 heteroatoms. The molecule has 0 saturated carbocycles. The monoisotopic (exact) mass is 893 g/mol. The quantitative estimate of drug-likeness (QED) is 0.0716. The molecule has 6 rings (SSSR count). The molecule has 1 aromatic heterocycles. The van der Waals surface area contributed by atoms with Gasteiger partial charge in [0.05, 0.1) is 0 Å². The molecule has 0 spiro atoms. The second-order valence-electron chi connectivity index (χ2n) is 17.2. The molecule has 279 valence electrons. The fourth-order valence-electron chi connectivity index (χ4n) is 7.21. The van der Waals surface area contributed by atoms with Crippen LogP contribution in [0.5, 0.6) is 0 Å². The van der Waals surface area contributed by atoms with E-state index in [9.17, 15) is 9.90 Å². The first-order chi connectivity index (χ1) is 23.9. The minimum absolute atomic E-state index is 0. The number of benzene rings is 4. The molecule has 2 heterocycles. The third kappa shape index (κ3) is 8.08. The number of ketones is 1. The number of aliphatic hydroxyl groups excluding tert-OH is 1. The summed E-state index contributed by atoms with van der Waals surface area (Å²) >= 11 is 1.91. The van der Waals surface area contributed by atoms with Crippen LogP contribution in [0.25, 0.3) is 43.6 Å². The Morgan fingerprint density at radius 1 is 0.788 bits per heavy atom. The van der Waals surface area contributed by atoms with E-state index < -0.39 is 0 Å². The van der Waals surface area contributed by atoms with Crippen LogP contribution in [0, 0.1) is 22.3 Å². The summed E-state index contributed by atoms with van der Waals surface area (Å²) in [5.41, 5.74) is 4.68. The molecule has 5 aromatic rings. The van der Waals surface area contributed by atoms with Crippen LogP contribution < -0.4 is 0 Å². The summed E-state index contributed by atoms with van der Waals surface area (Å²) in [4.78, 5) is 19.8. The van der Waals surface area contributed by atoms with Crippen molar-refractivity contribution in [3.8, 4) is 11.3 Å². The first-order valence-corrected chi connectivity index (χ1v) is 19.7. The van der Waals surface area contributed by atoms with Crippen LogP contribution in [0.1, 0.15) is 120 Å². The van der Waals surface area contributed by atoms with E-state index >= 15 is 0 Å². The Hall–Kier alpha value is -2.98. The van der Waals surface area contributed by atoms with Gasteiger partial charge in [0.25, 0.3) is 0 Å². The van der Waals surface area contributed by atoms with E-state index in [1.807, 2.05) is 59.5 Å². The molecule has 0 aliphatic carbocycles. The van der Waals surface area contributed by atoms with Crippen LogP contribution in [0.3, 0.4) is 0 Å². The Morgan fingerprint density at radius 2 is 1.40 bits per heavy atom. The number of hydrogen-bond acceptors (Lipinski definition) is 4. The third-order valence-corrected chi connectivity index (χ3v) is 12.5. The maximum Gasteiger partial charge on any atom is 0.164 e. The van der Waals surface area contributed by atoms with E-state index in [0.29, 0.717) is 0 Å². The second kappa shape index (κ2) is 15.8. The first-order valence-electron chi connectivity index (χ1n) is 18.9. The molecule has 1 aliphatic heterocycles. The molecular weight excluding hydrogens is 835 g/mol. The molecule has 1 N–H and O–H groups in total. The Labute approximate surface area is 330 Å². The summed E-state index contributed by atoms with van der Waals surface area (Å²) in [5, 5.41) is 17.9. The topological polar surface area (TPSA) is 50.2 Å². The number of rotatable bonds is 8. The van der Waals surface area contributed by atoms with Gasteiger partial charge in [-0.2, -0.15) is 0 Å². The number of fused-ring (bicyclic) bond motifs is 5. The van der Waals surface area contributed by atoms with Gasteiger partial charge < -0.3 is 5.11 Å². The van der Waals surface area contributed by atoms with Gasteiger partial charge in [-0.1, -0.05) is 136 Å². The van der Waals surface area contributed by atoms with Crippen molar-refractivity contribution in [2.24, 2.45) is 16.2 Å². The number of aromatic nitrogens is 1. The third-order valence-electron chi connectivity index (χ3n) is 11.4. The summed E-state index contributed by atoms with van der Waals surface area (Å²) in [6.45, 7) is 26.0. The van der Waals surface area contributed by atoms with Gasteiger partial charge in [-0.3, -0.25) is 9.78 Å². The van der Waals surface area contributed by atoms with Crippen molar-refractivity contribution in [1.82, 2.24) is 4.98 Å². The van der Waals surface area contributed by atoms with E-state index in [2.05, 4.69) is 102 Å². The summed E-state index contributed by atoms with van der Waals surface area (Å²) in [7, 11) is 0. The molecule has 0 unspecified atom stereocenters. The second-order valence-corrected chi connectivity index (χ2v) is 18.3. The van der Waals surface area contributed by atoms with Crippen molar-refractivity contribution >= 4 is 49.9 Å². The maximum atomic E-state index is 12.2. The molecule has 0 amide bonds. The molecule has 4 aromatic carbocycles. The number of hydrogen-bond donors (Lipinski definition) is 1. The number of allylic oxidation sites excluding steroid dienone is 2. The normalized spacial score (nSPS) is 13.4. The van der Waals surface area contributed by atoms with E-state index in [0.717, 1.165) is 43.4 Å². The predicted molar refractivity (Wildman–Crippen MR) is 220 cm³/mol. The van der Waals surface area contributed by atoms with Crippen molar-refractivity contribution in [2.75, 3.05) is 0 Å². The maximum absolute atomic E-state index is 12.2. The number of aliphatic hydroxyl groups is 1. The molecule has 3 nitrogen and oxygen atoms in total. The van der Waals surface area contributed by atoms with Gasteiger partial charge in [0.2, 0.25) is 0 Å². The zero-order valence-electron chi connectivity index (χ0n) is 33.4. The van der Waals surface area contributed by atoms with E-state index in [1.165, 1.54) is 59.3 Å². The average molecular weight is 893 g/mol. The van der Waals surface area contributed by atoms with Gasteiger partial charge in [0.15, 0.2) is 5.78 Å². The van der Waals surface area contributed by atoms with Crippen LogP contribution in [-0.2, 0) is 36.7 Å². The first kappa shape index (κ1) is 41.8. The van der Waals surface area contributed by atoms with E-state index in [-0.39, 0.29) is 53.3 Å². The van der Waals surface area contributed by atoms with Gasteiger partial charge in [-0.25, -0.2) is 0 Å². The summed E-state index contributed by atoms with van der Waals surface area (Å²) in [5.74, 6) is 0.286. The molecule has 0 atom stereocenters. The Balaban J connectivity index is 0.000000289. The SMILES string of the molecule is CC(C)(C)Cc1cccc2c1cc1c3c(nccc32)-c2[c-]c3ccccc3c(C(C)(C)C)c2S1.CCC(C)(CC)C(=O)/C=C(\O)C(C)(CC)CC.[Ir]. The van der Waals surface area contributed by atoms with E-state index in [1.54, 1.807) is 0 Å². The van der Waals surface area contributed by atoms with E-state index in [4.69, 9.17) is 4.98 Å². The zero-order chi connectivity index (χ0) is 37.5. The minimum Gasteiger partial charge on any atom is -0.512 e. The smallest absolute Gasteiger partial charge is 0.164 e. The van der Waals surface area contributed by atoms with Crippen LogP contribution >= 0.6 is 11.8 Å². The Morgan fingerprint density at radius 3 is 2.00 bits per heavy atom. The number of nitrogens with zero attached hydrogens (tertiary/aromatic N) is 1. The van der Waals surface area contributed by atoms with Crippen LogP contribution in [0.2, 0.25) is 0 Å². The van der Waals surface area contributed by atoms with Gasteiger partial charge in [0.1, 0.15) is 5.76 Å². The fraction of sp³-hybridized carbons (Fsp3) is 0.447. The minimum atomic E-state index is -0.337. The van der Waals surface area contributed by atoms with Gasteiger partial charge in [0, 0.05) is 53.8 Å².